The lowest BCUT2D eigenvalue weighted by Gasteiger charge is -2.08. The molecule has 0 atom stereocenters. The van der Waals surface area contributed by atoms with E-state index in [1.54, 1.807) is 34.7 Å². The van der Waals surface area contributed by atoms with Gasteiger partial charge in [0.05, 0.1) is 11.1 Å². The number of nitrogens with one attached hydrogen (secondary N) is 1. The van der Waals surface area contributed by atoms with Crippen LogP contribution in [-0.4, -0.2) is 33.5 Å². The lowest BCUT2D eigenvalue weighted by Crippen LogP contribution is -2.28. The van der Waals surface area contributed by atoms with Crippen LogP contribution in [0.5, 0.6) is 0 Å². The fourth-order valence-corrected chi connectivity index (χ4v) is 6.28. The third-order valence-corrected chi connectivity index (χ3v) is 8.18. The molecule has 2 aromatic heterocycles. The number of benzene rings is 1. The first kappa shape index (κ1) is 20.5. The first-order valence-corrected chi connectivity index (χ1v) is 12.4. The van der Waals surface area contributed by atoms with E-state index in [2.05, 4.69) is 41.5 Å². The van der Waals surface area contributed by atoms with E-state index in [0.717, 1.165) is 35.2 Å². The van der Waals surface area contributed by atoms with E-state index in [4.69, 9.17) is 0 Å². The van der Waals surface area contributed by atoms with E-state index in [1.165, 1.54) is 32.7 Å². The minimum absolute atomic E-state index is 0.00630. The van der Waals surface area contributed by atoms with Crippen LogP contribution in [0.3, 0.4) is 0 Å². The molecular formula is C21H23N3O2S3. The maximum absolute atomic E-state index is 12.8. The molecule has 0 spiro atoms. The standard InChI is InChI=1S/C21H23N3O2S3/c1-13-6-8-14(9-7-13)27-11-10-22-17(25)12-28-21-23-19-18(20(26)24(21)2)15-4-3-5-16(15)29-19/h6-9H,3-5,10-12H2,1-2H3,(H,22,25). The highest BCUT2D eigenvalue weighted by Gasteiger charge is 2.22. The Kier molecular flexibility index (Phi) is 6.32. The lowest BCUT2D eigenvalue weighted by atomic mass is 10.2. The molecule has 29 heavy (non-hydrogen) atoms. The number of thioether (sulfide) groups is 2. The number of thiophene rings is 1. The van der Waals surface area contributed by atoms with E-state index >= 15 is 0 Å². The quantitative estimate of drug-likeness (QED) is 0.341. The molecule has 0 saturated heterocycles. The van der Waals surface area contributed by atoms with Gasteiger partial charge in [-0.3, -0.25) is 14.2 Å². The van der Waals surface area contributed by atoms with Crippen LogP contribution in [0.1, 0.15) is 22.4 Å². The fraction of sp³-hybridized carbons (Fsp3) is 0.381. The van der Waals surface area contributed by atoms with E-state index in [1.807, 2.05) is 0 Å². The number of carbonyl (C=O) groups excluding carboxylic acids is 1. The van der Waals surface area contributed by atoms with E-state index in [-0.39, 0.29) is 17.2 Å². The smallest absolute Gasteiger partial charge is 0.262 e. The molecule has 1 amide bonds. The van der Waals surface area contributed by atoms with Gasteiger partial charge in [-0.1, -0.05) is 29.5 Å². The Morgan fingerprint density at radius 2 is 2.03 bits per heavy atom. The van der Waals surface area contributed by atoms with Crippen molar-refractivity contribution in [1.82, 2.24) is 14.9 Å². The summed E-state index contributed by atoms with van der Waals surface area (Å²) in [6.07, 6.45) is 3.14. The number of carbonyl (C=O) groups is 1. The second-order valence-electron chi connectivity index (χ2n) is 7.10. The third kappa shape index (κ3) is 4.54. The summed E-state index contributed by atoms with van der Waals surface area (Å²) in [5.74, 6) is 1.04. The predicted molar refractivity (Wildman–Crippen MR) is 123 cm³/mol. The molecule has 0 radical (unpaired) electrons. The number of hydrogen-bond acceptors (Lipinski definition) is 6. The molecule has 0 saturated carbocycles. The largest absolute Gasteiger partial charge is 0.355 e. The number of hydrogen-bond donors (Lipinski definition) is 1. The van der Waals surface area contributed by atoms with Gasteiger partial charge in [0.15, 0.2) is 5.16 Å². The summed E-state index contributed by atoms with van der Waals surface area (Å²) < 4.78 is 1.58. The van der Waals surface area contributed by atoms with Crippen molar-refractivity contribution in [1.29, 1.82) is 0 Å². The molecule has 2 heterocycles. The Bertz CT molecular complexity index is 1100. The zero-order chi connectivity index (χ0) is 20.4. The third-order valence-electron chi connectivity index (χ3n) is 4.95. The summed E-state index contributed by atoms with van der Waals surface area (Å²) in [5, 5.41) is 4.33. The molecule has 0 bridgehead atoms. The Balaban J connectivity index is 1.31. The van der Waals surface area contributed by atoms with Gasteiger partial charge in [-0.2, -0.15) is 0 Å². The van der Waals surface area contributed by atoms with Gasteiger partial charge in [-0.25, -0.2) is 4.98 Å². The van der Waals surface area contributed by atoms with Crippen molar-refractivity contribution in [3.63, 3.8) is 0 Å². The summed E-state index contributed by atoms with van der Waals surface area (Å²) in [4.78, 5) is 33.0. The zero-order valence-electron chi connectivity index (χ0n) is 16.5. The second kappa shape index (κ2) is 8.93. The van der Waals surface area contributed by atoms with Crippen molar-refractivity contribution in [3.8, 4) is 0 Å². The predicted octanol–water partition coefficient (Wildman–Crippen LogP) is 3.79. The Hall–Kier alpha value is -1.77. The highest BCUT2D eigenvalue weighted by atomic mass is 32.2. The molecule has 3 aromatic rings. The first-order valence-electron chi connectivity index (χ1n) is 9.63. The van der Waals surface area contributed by atoms with Crippen LogP contribution in [-0.2, 0) is 24.7 Å². The normalized spacial score (nSPS) is 13.0. The van der Waals surface area contributed by atoms with E-state index in [0.29, 0.717) is 11.7 Å². The topological polar surface area (TPSA) is 64.0 Å². The van der Waals surface area contributed by atoms with Crippen LogP contribution in [0.2, 0.25) is 0 Å². The molecular weight excluding hydrogens is 422 g/mol. The molecule has 1 N–H and O–H groups in total. The number of aryl methyl sites for hydroxylation is 3. The van der Waals surface area contributed by atoms with Gasteiger partial charge in [0, 0.05) is 29.1 Å². The molecule has 1 aliphatic carbocycles. The zero-order valence-corrected chi connectivity index (χ0v) is 18.9. The van der Waals surface area contributed by atoms with Crippen LogP contribution < -0.4 is 10.9 Å². The molecule has 8 heteroatoms. The van der Waals surface area contributed by atoms with Crippen molar-refractivity contribution in [2.24, 2.45) is 7.05 Å². The maximum atomic E-state index is 12.8. The molecule has 152 valence electrons. The summed E-state index contributed by atoms with van der Waals surface area (Å²) in [7, 11) is 1.74. The van der Waals surface area contributed by atoms with Gasteiger partial charge in [0.25, 0.3) is 5.56 Å². The minimum atomic E-state index is -0.0393. The number of rotatable bonds is 7. The number of nitrogens with zero attached hydrogens (tertiary/aromatic N) is 2. The summed E-state index contributed by atoms with van der Waals surface area (Å²) >= 11 is 4.68. The highest BCUT2D eigenvalue weighted by molar-refractivity contribution is 7.99. The number of fused-ring (bicyclic) bond motifs is 3. The van der Waals surface area contributed by atoms with Crippen molar-refractivity contribution < 1.29 is 4.79 Å². The first-order chi connectivity index (χ1) is 14.0. The average molecular weight is 446 g/mol. The molecule has 1 aliphatic rings. The van der Waals surface area contributed by atoms with Crippen LogP contribution >= 0.6 is 34.9 Å². The number of amides is 1. The Morgan fingerprint density at radius 1 is 1.24 bits per heavy atom. The second-order valence-corrected chi connectivity index (χ2v) is 10.3. The maximum Gasteiger partial charge on any atom is 0.262 e. The van der Waals surface area contributed by atoms with Crippen LogP contribution in [0.25, 0.3) is 10.2 Å². The number of aromatic nitrogens is 2. The van der Waals surface area contributed by atoms with Crippen molar-refractivity contribution in [2.75, 3.05) is 18.1 Å². The summed E-state index contributed by atoms with van der Waals surface area (Å²) in [6, 6.07) is 8.38. The minimum Gasteiger partial charge on any atom is -0.355 e. The Labute approximate surface area is 182 Å². The van der Waals surface area contributed by atoms with Crippen LogP contribution in [0.4, 0.5) is 0 Å². The lowest BCUT2D eigenvalue weighted by molar-refractivity contribution is -0.118. The average Bonchev–Trinajstić information content (AvgIpc) is 3.29. The molecule has 5 nitrogen and oxygen atoms in total. The molecule has 0 aliphatic heterocycles. The van der Waals surface area contributed by atoms with Gasteiger partial charge in [-0.15, -0.1) is 23.1 Å². The van der Waals surface area contributed by atoms with Gasteiger partial charge < -0.3 is 5.32 Å². The van der Waals surface area contributed by atoms with E-state index in [9.17, 15) is 9.59 Å². The van der Waals surface area contributed by atoms with Gasteiger partial charge in [0.1, 0.15) is 4.83 Å². The van der Waals surface area contributed by atoms with Gasteiger partial charge in [0.2, 0.25) is 5.91 Å². The van der Waals surface area contributed by atoms with Gasteiger partial charge >= 0.3 is 0 Å². The highest BCUT2D eigenvalue weighted by Crippen LogP contribution is 2.35. The van der Waals surface area contributed by atoms with Crippen molar-refractivity contribution in [2.45, 2.75) is 36.2 Å². The summed E-state index contributed by atoms with van der Waals surface area (Å²) in [6.45, 7) is 2.68. The SMILES string of the molecule is Cc1ccc(SCCNC(=O)CSc2nc3sc4c(c3c(=O)n2C)CCC4)cc1. The van der Waals surface area contributed by atoms with Crippen molar-refractivity contribution >= 4 is 51.0 Å². The molecule has 1 aromatic carbocycles. The molecule has 4 rings (SSSR count). The van der Waals surface area contributed by atoms with Crippen LogP contribution in [0, 0.1) is 6.92 Å². The molecule has 0 fully saturated rings. The monoisotopic (exact) mass is 445 g/mol. The summed E-state index contributed by atoms with van der Waals surface area (Å²) in [5.41, 5.74) is 2.44. The Morgan fingerprint density at radius 3 is 2.83 bits per heavy atom. The molecule has 0 unspecified atom stereocenters. The van der Waals surface area contributed by atoms with Crippen molar-refractivity contribution in [3.05, 3.63) is 50.6 Å². The van der Waals surface area contributed by atoms with Gasteiger partial charge in [-0.05, 0) is 43.9 Å². The fourth-order valence-electron chi connectivity index (χ4n) is 3.41. The van der Waals surface area contributed by atoms with E-state index < -0.39 is 0 Å². The van der Waals surface area contributed by atoms with Crippen LogP contribution in [0.15, 0.2) is 39.1 Å².